The van der Waals surface area contributed by atoms with Gasteiger partial charge in [-0.2, -0.15) is 0 Å². The molecule has 0 aliphatic rings. The summed E-state index contributed by atoms with van der Waals surface area (Å²) in [4.78, 5) is 12.3. The first kappa shape index (κ1) is 16.5. The Kier molecular flexibility index (Phi) is 5.58. The summed E-state index contributed by atoms with van der Waals surface area (Å²) in [5.41, 5.74) is 3.12. The van der Waals surface area contributed by atoms with Gasteiger partial charge in [-0.3, -0.25) is 4.79 Å². The van der Waals surface area contributed by atoms with Crippen LogP contribution < -0.4 is 10.6 Å². The SMILES string of the molecule is Cc1cccc(NC(=O)[C@H](C)[NH2+][C@H](C)c2ccc(Cl)cc2)c1. The van der Waals surface area contributed by atoms with Gasteiger partial charge >= 0.3 is 0 Å². The van der Waals surface area contributed by atoms with Crippen LogP contribution in [-0.4, -0.2) is 11.9 Å². The number of anilines is 1. The van der Waals surface area contributed by atoms with Crippen LogP contribution in [0.1, 0.15) is 31.0 Å². The van der Waals surface area contributed by atoms with Crippen molar-refractivity contribution in [3.8, 4) is 0 Å². The van der Waals surface area contributed by atoms with Gasteiger partial charge in [0.05, 0.1) is 0 Å². The number of amides is 1. The van der Waals surface area contributed by atoms with E-state index in [9.17, 15) is 4.79 Å². The fourth-order valence-electron chi connectivity index (χ4n) is 2.38. The molecule has 0 aromatic heterocycles. The van der Waals surface area contributed by atoms with Crippen molar-refractivity contribution in [2.24, 2.45) is 0 Å². The molecule has 0 saturated carbocycles. The summed E-state index contributed by atoms with van der Waals surface area (Å²) >= 11 is 5.90. The first-order valence-corrected chi connectivity index (χ1v) is 7.81. The highest BCUT2D eigenvalue weighted by Crippen LogP contribution is 2.14. The molecule has 2 aromatic carbocycles. The number of aryl methyl sites for hydroxylation is 1. The maximum absolute atomic E-state index is 12.3. The van der Waals surface area contributed by atoms with Crippen LogP contribution in [0.3, 0.4) is 0 Å². The van der Waals surface area contributed by atoms with Gasteiger partial charge in [-0.15, -0.1) is 0 Å². The first-order chi connectivity index (χ1) is 10.5. The first-order valence-electron chi connectivity index (χ1n) is 7.43. The van der Waals surface area contributed by atoms with Crippen LogP contribution in [0, 0.1) is 6.92 Å². The highest BCUT2D eigenvalue weighted by Gasteiger charge is 2.20. The second-order valence-corrected chi connectivity index (χ2v) is 6.12. The molecule has 0 aliphatic carbocycles. The quantitative estimate of drug-likeness (QED) is 0.873. The van der Waals surface area contributed by atoms with Crippen molar-refractivity contribution in [1.29, 1.82) is 0 Å². The minimum atomic E-state index is -0.175. The molecular weight excluding hydrogens is 296 g/mol. The molecule has 2 rings (SSSR count). The predicted octanol–water partition coefficient (Wildman–Crippen LogP) is 3.30. The lowest BCUT2D eigenvalue weighted by Gasteiger charge is -2.17. The smallest absolute Gasteiger partial charge is 0.282 e. The number of carbonyl (C=O) groups is 1. The number of hydrogen-bond donors (Lipinski definition) is 2. The lowest BCUT2D eigenvalue weighted by atomic mass is 10.1. The molecule has 22 heavy (non-hydrogen) atoms. The number of halogens is 1. The van der Waals surface area contributed by atoms with Crippen LogP contribution in [0.5, 0.6) is 0 Å². The minimum absolute atomic E-state index is 0.00594. The van der Waals surface area contributed by atoms with Gasteiger partial charge < -0.3 is 10.6 Å². The summed E-state index contributed by atoms with van der Waals surface area (Å²) in [5, 5.41) is 5.73. The van der Waals surface area contributed by atoms with E-state index in [1.165, 1.54) is 0 Å². The zero-order valence-corrected chi connectivity index (χ0v) is 13.9. The topological polar surface area (TPSA) is 45.7 Å². The second-order valence-electron chi connectivity index (χ2n) is 5.68. The van der Waals surface area contributed by atoms with Crippen molar-refractivity contribution in [3.05, 3.63) is 64.7 Å². The molecule has 0 saturated heterocycles. The Balaban J connectivity index is 1.94. The Bertz CT molecular complexity index is 640. The molecule has 0 aliphatic heterocycles. The van der Waals surface area contributed by atoms with Gasteiger partial charge in [0.2, 0.25) is 0 Å². The van der Waals surface area contributed by atoms with E-state index in [0.717, 1.165) is 21.8 Å². The van der Waals surface area contributed by atoms with Crippen LogP contribution in [0.25, 0.3) is 0 Å². The second kappa shape index (κ2) is 7.43. The molecule has 1 amide bonds. The average Bonchev–Trinajstić information content (AvgIpc) is 2.47. The summed E-state index contributed by atoms with van der Waals surface area (Å²) in [7, 11) is 0. The zero-order valence-electron chi connectivity index (χ0n) is 13.1. The van der Waals surface area contributed by atoms with Gasteiger partial charge in [0.25, 0.3) is 5.91 Å². The lowest BCUT2D eigenvalue weighted by Crippen LogP contribution is -2.91. The summed E-state index contributed by atoms with van der Waals surface area (Å²) in [6, 6.07) is 15.6. The molecule has 4 heteroatoms. The Morgan fingerprint density at radius 1 is 1.14 bits per heavy atom. The fourth-order valence-corrected chi connectivity index (χ4v) is 2.50. The zero-order chi connectivity index (χ0) is 16.1. The van der Waals surface area contributed by atoms with Gasteiger partial charge in [0.1, 0.15) is 6.04 Å². The number of rotatable bonds is 5. The normalized spacial score (nSPS) is 13.5. The van der Waals surface area contributed by atoms with Gasteiger partial charge in [-0.05, 0) is 50.6 Å². The summed E-state index contributed by atoms with van der Waals surface area (Å²) < 4.78 is 0. The van der Waals surface area contributed by atoms with Crippen LogP contribution in [0.4, 0.5) is 5.69 Å². The lowest BCUT2D eigenvalue weighted by molar-refractivity contribution is -0.709. The third-order valence-corrected chi connectivity index (χ3v) is 3.92. The highest BCUT2D eigenvalue weighted by atomic mass is 35.5. The van der Waals surface area contributed by atoms with Gasteiger partial charge in [0, 0.05) is 16.3 Å². The van der Waals surface area contributed by atoms with Gasteiger partial charge in [-0.25, -0.2) is 0 Å². The molecule has 2 aromatic rings. The number of nitrogens with two attached hydrogens (primary N) is 1. The summed E-state index contributed by atoms with van der Waals surface area (Å²) in [5.74, 6) is 0.00594. The van der Waals surface area contributed by atoms with E-state index in [1.807, 2.05) is 67.7 Å². The summed E-state index contributed by atoms with van der Waals surface area (Å²) in [6.07, 6.45) is 0. The Morgan fingerprint density at radius 2 is 1.82 bits per heavy atom. The Hall–Kier alpha value is -1.84. The van der Waals surface area contributed by atoms with Crippen molar-refractivity contribution in [2.45, 2.75) is 32.9 Å². The van der Waals surface area contributed by atoms with Gasteiger partial charge in [0.15, 0.2) is 6.04 Å². The molecule has 3 N–H and O–H groups in total. The van der Waals surface area contributed by atoms with E-state index < -0.39 is 0 Å². The van der Waals surface area contributed by atoms with E-state index in [0.29, 0.717) is 0 Å². The minimum Gasteiger partial charge on any atom is -0.330 e. The maximum Gasteiger partial charge on any atom is 0.282 e. The van der Waals surface area contributed by atoms with Crippen molar-refractivity contribution >= 4 is 23.2 Å². The third kappa shape index (κ3) is 4.58. The molecule has 0 bridgehead atoms. The van der Waals surface area contributed by atoms with E-state index in [2.05, 4.69) is 12.2 Å². The number of carbonyl (C=O) groups excluding carboxylic acids is 1. The van der Waals surface area contributed by atoms with Crippen molar-refractivity contribution in [3.63, 3.8) is 0 Å². The fraction of sp³-hybridized carbons (Fsp3) is 0.278. The number of hydrogen-bond acceptors (Lipinski definition) is 1. The van der Waals surface area contributed by atoms with E-state index in [4.69, 9.17) is 11.6 Å². The molecular formula is C18H22ClN2O+. The van der Waals surface area contributed by atoms with Crippen LogP contribution >= 0.6 is 11.6 Å². The molecule has 0 heterocycles. The highest BCUT2D eigenvalue weighted by molar-refractivity contribution is 6.30. The number of quaternary nitrogens is 1. The molecule has 0 radical (unpaired) electrons. The van der Waals surface area contributed by atoms with Crippen LogP contribution in [0.15, 0.2) is 48.5 Å². The van der Waals surface area contributed by atoms with Crippen LogP contribution in [-0.2, 0) is 4.79 Å². The van der Waals surface area contributed by atoms with Crippen molar-refractivity contribution in [2.75, 3.05) is 5.32 Å². The Morgan fingerprint density at radius 3 is 2.45 bits per heavy atom. The molecule has 3 nitrogen and oxygen atoms in total. The van der Waals surface area contributed by atoms with E-state index in [1.54, 1.807) is 0 Å². The maximum atomic E-state index is 12.3. The van der Waals surface area contributed by atoms with E-state index >= 15 is 0 Å². The third-order valence-electron chi connectivity index (χ3n) is 3.67. The van der Waals surface area contributed by atoms with Crippen molar-refractivity contribution < 1.29 is 10.1 Å². The van der Waals surface area contributed by atoms with E-state index in [-0.39, 0.29) is 18.0 Å². The molecule has 0 fully saturated rings. The average molecular weight is 318 g/mol. The van der Waals surface area contributed by atoms with Crippen LogP contribution in [0.2, 0.25) is 5.02 Å². The molecule has 116 valence electrons. The largest absolute Gasteiger partial charge is 0.330 e. The number of nitrogens with one attached hydrogen (secondary N) is 1. The predicted molar refractivity (Wildman–Crippen MR) is 91.1 cm³/mol. The Labute approximate surface area is 136 Å². The monoisotopic (exact) mass is 317 g/mol. The molecule has 2 atom stereocenters. The summed E-state index contributed by atoms with van der Waals surface area (Å²) in [6.45, 7) is 6.01. The van der Waals surface area contributed by atoms with Gasteiger partial charge in [-0.1, -0.05) is 35.9 Å². The molecule has 0 unspecified atom stereocenters. The van der Waals surface area contributed by atoms with Crippen molar-refractivity contribution in [1.82, 2.24) is 0 Å². The number of benzene rings is 2. The standard InChI is InChI=1S/C18H21ClN2O/c1-12-5-4-6-17(11-12)21-18(22)14(3)20-13(2)15-7-9-16(19)10-8-15/h4-11,13-14,20H,1-3H3,(H,21,22)/p+1/t13-,14+/m1/s1. The molecule has 0 spiro atoms.